The summed E-state index contributed by atoms with van der Waals surface area (Å²) in [5, 5.41) is 5.75. The van der Waals surface area contributed by atoms with Gasteiger partial charge in [0.15, 0.2) is 0 Å². The molecule has 1 N–H and O–H groups in total. The van der Waals surface area contributed by atoms with E-state index >= 15 is 0 Å². The topological polar surface area (TPSA) is 45.2 Å². The molecule has 4 rings (SSSR count). The molecular weight excluding hydrogens is 459 g/mol. The van der Waals surface area contributed by atoms with Gasteiger partial charge < -0.3 is 10.2 Å². The van der Waals surface area contributed by atoms with Crippen molar-refractivity contribution in [3.63, 3.8) is 0 Å². The Morgan fingerprint density at radius 2 is 1.82 bits per heavy atom. The number of hydrogen-bond acceptors (Lipinski definition) is 4. The van der Waals surface area contributed by atoms with Crippen molar-refractivity contribution in [2.24, 2.45) is 0 Å². The average molecular weight is 488 g/mol. The van der Waals surface area contributed by atoms with Crippen molar-refractivity contribution in [1.29, 1.82) is 0 Å². The summed E-state index contributed by atoms with van der Waals surface area (Å²) in [7, 11) is 0. The number of benzene rings is 2. The van der Waals surface area contributed by atoms with Gasteiger partial charge in [0.25, 0.3) is 5.91 Å². The van der Waals surface area contributed by atoms with Crippen LogP contribution in [0.25, 0.3) is 11.1 Å². The quantitative estimate of drug-likeness (QED) is 0.401. The van der Waals surface area contributed by atoms with Crippen LogP contribution < -0.4 is 5.32 Å². The lowest BCUT2D eigenvalue weighted by atomic mass is 9.97. The van der Waals surface area contributed by atoms with Gasteiger partial charge in [0.1, 0.15) is 5.69 Å². The molecule has 0 bridgehead atoms. The summed E-state index contributed by atoms with van der Waals surface area (Å²) in [6, 6.07) is 13.5. The van der Waals surface area contributed by atoms with Gasteiger partial charge in [-0.3, -0.25) is 4.79 Å². The van der Waals surface area contributed by atoms with Crippen molar-refractivity contribution in [1.82, 2.24) is 9.88 Å². The molecule has 2 aromatic carbocycles. The fraction of sp³-hybridized carbons (Fsp3) is 0.385. The number of thiazole rings is 1. The second-order valence-corrected chi connectivity index (χ2v) is 9.57. The molecule has 0 radical (unpaired) electrons. The molecule has 0 saturated carbocycles. The van der Waals surface area contributed by atoms with Crippen molar-refractivity contribution >= 4 is 22.9 Å². The third kappa shape index (κ3) is 6.24. The van der Waals surface area contributed by atoms with E-state index < -0.39 is 12.6 Å². The van der Waals surface area contributed by atoms with Gasteiger partial charge >= 0.3 is 6.18 Å². The van der Waals surface area contributed by atoms with Crippen LogP contribution in [0.4, 0.5) is 18.9 Å². The standard InChI is InChI=1S/C26H28F3N3OS/c1-2-13-32-14-11-20(12-15-32)25-31-23(17-34-25)24(33)30-22-6-4-3-5-21(22)19-9-7-18(8-10-19)16-26(27,28)29/h3-10,17,20H,2,11-16H2,1H3,(H,30,33). The number of nitrogens with zero attached hydrogens (tertiary/aromatic N) is 2. The summed E-state index contributed by atoms with van der Waals surface area (Å²) < 4.78 is 37.9. The first-order chi connectivity index (χ1) is 16.3. The van der Waals surface area contributed by atoms with Gasteiger partial charge in [0.05, 0.1) is 11.4 Å². The Hall–Kier alpha value is -2.71. The van der Waals surface area contributed by atoms with Crippen LogP contribution in [-0.2, 0) is 6.42 Å². The fourth-order valence-electron chi connectivity index (χ4n) is 4.36. The molecule has 0 unspecified atom stereocenters. The van der Waals surface area contributed by atoms with Gasteiger partial charge in [-0.2, -0.15) is 13.2 Å². The lowest BCUT2D eigenvalue weighted by molar-refractivity contribution is -0.127. The zero-order valence-electron chi connectivity index (χ0n) is 19.1. The summed E-state index contributed by atoms with van der Waals surface area (Å²) in [4.78, 5) is 20.0. The lowest BCUT2D eigenvalue weighted by Crippen LogP contribution is -2.33. The first kappa shape index (κ1) is 24.4. The van der Waals surface area contributed by atoms with E-state index in [1.165, 1.54) is 23.5 Å². The Balaban J connectivity index is 1.44. The van der Waals surface area contributed by atoms with E-state index in [4.69, 9.17) is 0 Å². The Morgan fingerprint density at radius 3 is 2.50 bits per heavy atom. The smallest absolute Gasteiger partial charge is 0.320 e. The highest BCUT2D eigenvalue weighted by molar-refractivity contribution is 7.10. The number of carbonyl (C=O) groups excluding carboxylic acids is 1. The number of hydrogen-bond donors (Lipinski definition) is 1. The summed E-state index contributed by atoms with van der Waals surface area (Å²) in [5.41, 5.74) is 2.67. The second kappa shape index (κ2) is 10.7. The minimum absolute atomic E-state index is 0.202. The molecule has 1 aliphatic rings. The summed E-state index contributed by atoms with van der Waals surface area (Å²) >= 11 is 1.53. The number of likely N-dealkylation sites (tertiary alicyclic amines) is 1. The Kier molecular flexibility index (Phi) is 7.68. The van der Waals surface area contributed by atoms with Crippen molar-refractivity contribution < 1.29 is 18.0 Å². The summed E-state index contributed by atoms with van der Waals surface area (Å²) in [6.07, 6.45) is -1.93. The van der Waals surface area contributed by atoms with Gasteiger partial charge in [-0.25, -0.2) is 4.98 Å². The van der Waals surface area contributed by atoms with E-state index in [-0.39, 0.29) is 11.5 Å². The van der Waals surface area contributed by atoms with Gasteiger partial charge in [-0.1, -0.05) is 49.4 Å². The predicted molar refractivity (Wildman–Crippen MR) is 130 cm³/mol. The molecule has 4 nitrogen and oxygen atoms in total. The molecule has 0 spiro atoms. The molecule has 2 heterocycles. The molecule has 1 aromatic heterocycles. The summed E-state index contributed by atoms with van der Waals surface area (Å²) in [5.74, 6) is 0.106. The van der Waals surface area contributed by atoms with Crippen LogP contribution in [0.2, 0.25) is 0 Å². The normalized spacial score (nSPS) is 15.4. The van der Waals surface area contributed by atoms with E-state index in [1.807, 2.05) is 18.2 Å². The largest absolute Gasteiger partial charge is 0.393 e. The third-order valence-electron chi connectivity index (χ3n) is 6.08. The zero-order valence-corrected chi connectivity index (χ0v) is 19.9. The number of rotatable bonds is 7. The van der Waals surface area contributed by atoms with Gasteiger partial charge in [-0.15, -0.1) is 11.3 Å². The molecule has 0 atom stereocenters. The van der Waals surface area contributed by atoms with Crippen molar-refractivity contribution in [2.45, 2.75) is 44.7 Å². The van der Waals surface area contributed by atoms with Crippen LogP contribution in [-0.4, -0.2) is 41.6 Å². The van der Waals surface area contributed by atoms with E-state index in [9.17, 15) is 18.0 Å². The predicted octanol–water partition coefficient (Wildman–Crippen LogP) is 6.76. The minimum Gasteiger partial charge on any atom is -0.320 e. The molecule has 34 heavy (non-hydrogen) atoms. The molecule has 180 valence electrons. The molecule has 1 fully saturated rings. The van der Waals surface area contributed by atoms with E-state index in [0.29, 0.717) is 17.3 Å². The van der Waals surface area contributed by atoms with Crippen molar-refractivity contribution in [3.05, 3.63) is 70.2 Å². The Labute approximate surface area is 201 Å². The van der Waals surface area contributed by atoms with Crippen LogP contribution in [0.5, 0.6) is 0 Å². The monoisotopic (exact) mass is 487 g/mol. The van der Waals surface area contributed by atoms with Crippen molar-refractivity contribution in [2.75, 3.05) is 25.0 Å². The van der Waals surface area contributed by atoms with Crippen molar-refractivity contribution in [3.8, 4) is 11.1 Å². The van der Waals surface area contributed by atoms with Crippen LogP contribution in [0.15, 0.2) is 53.9 Å². The maximum absolute atomic E-state index is 12.9. The third-order valence-corrected chi connectivity index (χ3v) is 7.08. The van der Waals surface area contributed by atoms with Crippen LogP contribution in [0.3, 0.4) is 0 Å². The maximum Gasteiger partial charge on any atom is 0.393 e. The van der Waals surface area contributed by atoms with E-state index in [1.54, 1.807) is 23.6 Å². The number of carbonyl (C=O) groups is 1. The SMILES string of the molecule is CCCN1CCC(c2nc(C(=O)Nc3ccccc3-c3ccc(CC(F)(F)F)cc3)cs2)CC1. The van der Waals surface area contributed by atoms with E-state index in [2.05, 4.69) is 22.1 Å². The first-order valence-electron chi connectivity index (χ1n) is 11.6. The van der Waals surface area contributed by atoms with Gasteiger partial charge in [0, 0.05) is 22.5 Å². The maximum atomic E-state index is 12.9. The van der Waals surface area contributed by atoms with Crippen LogP contribution in [0, 0.1) is 0 Å². The molecular formula is C26H28F3N3OS. The average Bonchev–Trinajstić information content (AvgIpc) is 3.30. The van der Waals surface area contributed by atoms with E-state index in [0.717, 1.165) is 55.0 Å². The number of alkyl halides is 3. The number of piperidine rings is 1. The Bertz CT molecular complexity index is 1100. The van der Waals surface area contributed by atoms with Gasteiger partial charge in [0.2, 0.25) is 0 Å². The fourth-order valence-corrected chi connectivity index (χ4v) is 5.33. The second-order valence-electron chi connectivity index (χ2n) is 8.68. The number of anilines is 1. The highest BCUT2D eigenvalue weighted by Gasteiger charge is 2.27. The van der Waals surface area contributed by atoms with Gasteiger partial charge in [-0.05, 0) is 56.1 Å². The number of aromatic nitrogens is 1. The van der Waals surface area contributed by atoms with Crippen LogP contribution in [0.1, 0.15) is 53.2 Å². The number of para-hydroxylation sites is 1. The highest BCUT2D eigenvalue weighted by Crippen LogP contribution is 2.32. The number of amides is 1. The number of nitrogens with one attached hydrogen (secondary N) is 1. The first-order valence-corrected chi connectivity index (χ1v) is 12.4. The molecule has 8 heteroatoms. The Morgan fingerprint density at radius 1 is 1.12 bits per heavy atom. The van der Waals surface area contributed by atoms with Crippen LogP contribution >= 0.6 is 11.3 Å². The molecule has 0 aliphatic carbocycles. The molecule has 3 aromatic rings. The zero-order chi connectivity index (χ0) is 24.1. The molecule has 1 amide bonds. The number of halogens is 3. The summed E-state index contributed by atoms with van der Waals surface area (Å²) in [6.45, 7) is 5.45. The lowest BCUT2D eigenvalue weighted by Gasteiger charge is -2.30. The molecule has 1 aliphatic heterocycles. The highest BCUT2D eigenvalue weighted by atomic mass is 32.1. The molecule has 1 saturated heterocycles. The minimum atomic E-state index is -4.24.